The van der Waals surface area contributed by atoms with Crippen molar-refractivity contribution in [1.29, 1.82) is 0 Å². The zero-order chi connectivity index (χ0) is 12.8. The third kappa shape index (κ3) is 4.30. The van der Waals surface area contributed by atoms with Crippen LogP contribution < -0.4 is 0 Å². The van der Waals surface area contributed by atoms with Gasteiger partial charge in [0.15, 0.2) is 0 Å². The average Bonchev–Trinajstić information content (AvgIpc) is 2.61. The van der Waals surface area contributed by atoms with E-state index in [1.165, 1.54) is 32.1 Å². The lowest BCUT2D eigenvalue weighted by Crippen LogP contribution is -2.33. The SMILES string of the molecule is CCCCCC1C(CC(=O)O)CCC1N(C)C. The molecule has 0 heterocycles. The summed E-state index contributed by atoms with van der Waals surface area (Å²) in [5.74, 6) is 0.360. The summed E-state index contributed by atoms with van der Waals surface area (Å²) in [5.41, 5.74) is 0. The molecule has 1 saturated carbocycles. The molecule has 1 rings (SSSR count). The van der Waals surface area contributed by atoms with Crippen LogP contribution in [0.3, 0.4) is 0 Å². The summed E-state index contributed by atoms with van der Waals surface area (Å²) in [7, 11) is 4.25. The average molecular weight is 241 g/mol. The highest BCUT2D eigenvalue weighted by Gasteiger charge is 2.37. The zero-order valence-corrected chi connectivity index (χ0v) is 11.5. The van der Waals surface area contributed by atoms with E-state index in [1.54, 1.807) is 0 Å². The molecule has 1 aliphatic carbocycles. The first-order chi connectivity index (χ1) is 8.06. The van der Waals surface area contributed by atoms with Crippen LogP contribution in [-0.4, -0.2) is 36.1 Å². The fourth-order valence-electron chi connectivity index (χ4n) is 3.30. The van der Waals surface area contributed by atoms with Crippen molar-refractivity contribution in [3.63, 3.8) is 0 Å². The summed E-state index contributed by atoms with van der Waals surface area (Å²) in [6, 6.07) is 0.594. The summed E-state index contributed by atoms with van der Waals surface area (Å²) in [6.45, 7) is 2.22. The molecule has 3 nitrogen and oxygen atoms in total. The van der Waals surface area contributed by atoms with E-state index in [9.17, 15) is 4.79 Å². The quantitative estimate of drug-likeness (QED) is 0.697. The van der Waals surface area contributed by atoms with Crippen LogP contribution in [0.2, 0.25) is 0 Å². The molecule has 17 heavy (non-hydrogen) atoms. The summed E-state index contributed by atoms with van der Waals surface area (Å²) >= 11 is 0. The molecule has 0 spiro atoms. The normalized spacial score (nSPS) is 28.8. The number of nitrogens with zero attached hydrogens (tertiary/aromatic N) is 1. The van der Waals surface area contributed by atoms with E-state index in [1.807, 2.05) is 0 Å². The van der Waals surface area contributed by atoms with Crippen molar-refractivity contribution in [3.8, 4) is 0 Å². The second kappa shape index (κ2) is 7.00. The molecule has 3 heteroatoms. The van der Waals surface area contributed by atoms with Gasteiger partial charge in [-0.25, -0.2) is 0 Å². The number of hydrogen-bond acceptors (Lipinski definition) is 2. The Morgan fingerprint density at radius 3 is 2.53 bits per heavy atom. The van der Waals surface area contributed by atoms with E-state index in [4.69, 9.17) is 5.11 Å². The highest BCUT2D eigenvalue weighted by Crippen LogP contribution is 2.39. The molecule has 0 amide bonds. The summed E-state index contributed by atoms with van der Waals surface area (Å²) in [4.78, 5) is 13.2. The lowest BCUT2D eigenvalue weighted by molar-refractivity contribution is -0.138. The molecule has 1 aliphatic rings. The lowest BCUT2D eigenvalue weighted by Gasteiger charge is -2.29. The molecule has 0 saturated heterocycles. The first-order valence-electron chi connectivity index (χ1n) is 6.94. The van der Waals surface area contributed by atoms with Crippen LogP contribution in [0.15, 0.2) is 0 Å². The van der Waals surface area contributed by atoms with E-state index in [-0.39, 0.29) is 0 Å². The fraction of sp³-hybridized carbons (Fsp3) is 0.929. The van der Waals surface area contributed by atoms with Crippen molar-refractivity contribution in [2.24, 2.45) is 11.8 Å². The maximum absolute atomic E-state index is 10.9. The molecule has 0 aliphatic heterocycles. The molecule has 0 aromatic heterocycles. The van der Waals surface area contributed by atoms with Gasteiger partial charge in [-0.1, -0.05) is 26.2 Å². The van der Waals surface area contributed by atoms with Crippen LogP contribution in [0, 0.1) is 11.8 Å². The number of carboxylic acid groups (broad SMARTS) is 1. The second-order valence-corrected chi connectivity index (χ2v) is 5.63. The highest BCUT2D eigenvalue weighted by molar-refractivity contribution is 5.67. The fourth-order valence-corrected chi connectivity index (χ4v) is 3.30. The molecule has 0 aromatic carbocycles. The minimum Gasteiger partial charge on any atom is -0.481 e. The van der Waals surface area contributed by atoms with E-state index >= 15 is 0 Å². The third-order valence-electron chi connectivity index (χ3n) is 4.17. The largest absolute Gasteiger partial charge is 0.481 e. The molecule has 0 radical (unpaired) electrons. The number of carbonyl (C=O) groups is 1. The Hall–Kier alpha value is -0.570. The van der Waals surface area contributed by atoms with Gasteiger partial charge in [-0.2, -0.15) is 0 Å². The topological polar surface area (TPSA) is 40.5 Å². The summed E-state index contributed by atoms with van der Waals surface area (Å²) in [5, 5.41) is 8.97. The van der Waals surface area contributed by atoms with Crippen LogP contribution in [0.5, 0.6) is 0 Å². The number of carboxylic acids is 1. The number of aliphatic carboxylic acids is 1. The number of unbranched alkanes of at least 4 members (excludes halogenated alkanes) is 2. The molecule has 0 aromatic rings. The van der Waals surface area contributed by atoms with Crippen molar-refractivity contribution in [2.45, 2.75) is 57.9 Å². The van der Waals surface area contributed by atoms with Crippen molar-refractivity contribution < 1.29 is 9.90 Å². The van der Waals surface area contributed by atoms with Crippen LogP contribution >= 0.6 is 0 Å². The van der Waals surface area contributed by atoms with Gasteiger partial charge >= 0.3 is 5.97 Å². The van der Waals surface area contributed by atoms with Gasteiger partial charge in [-0.05, 0) is 45.2 Å². The van der Waals surface area contributed by atoms with Gasteiger partial charge in [-0.3, -0.25) is 4.79 Å². The van der Waals surface area contributed by atoms with E-state index in [2.05, 4.69) is 25.9 Å². The zero-order valence-electron chi connectivity index (χ0n) is 11.5. The van der Waals surface area contributed by atoms with Crippen molar-refractivity contribution >= 4 is 5.97 Å². The van der Waals surface area contributed by atoms with E-state index < -0.39 is 5.97 Å². The van der Waals surface area contributed by atoms with Crippen LogP contribution in [0.4, 0.5) is 0 Å². The van der Waals surface area contributed by atoms with E-state index in [0.29, 0.717) is 24.3 Å². The Morgan fingerprint density at radius 2 is 2.00 bits per heavy atom. The lowest BCUT2D eigenvalue weighted by atomic mass is 9.86. The van der Waals surface area contributed by atoms with Gasteiger partial charge in [0.2, 0.25) is 0 Å². The molecular formula is C14H27NO2. The number of rotatable bonds is 7. The van der Waals surface area contributed by atoms with Crippen LogP contribution in [0.25, 0.3) is 0 Å². The van der Waals surface area contributed by atoms with E-state index in [0.717, 1.165) is 6.42 Å². The highest BCUT2D eigenvalue weighted by atomic mass is 16.4. The minimum absolute atomic E-state index is 0.362. The van der Waals surface area contributed by atoms with Gasteiger partial charge in [0.1, 0.15) is 0 Å². The van der Waals surface area contributed by atoms with Crippen molar-refractivity contribution in [3.05, 3.63) is 0 Å². The Kier molecular flexibility index (Phi) is 5.96. The standard InChI is InChI=1S/C14H27NO2/c1-4-5-6-7-12-11(10-14(16)17)8-9-13(12)15(2)3/h11-13H,4-10H2,1-3H3,(H,16,17). The van der Waals surface area contributed by atoms with Crippen LogP contribution in [0.1, 0.15) is 51.9 Å². The maximum Gasteiger partial charge on any atom is 0.303 e. The first kappa shape index (κ1) is 14.5. The summed E-state index contributed by atoms with van der Waals surface area (Å²) in [6.07, 6.45) is 7.59. The first-order valence-corrected chi connectivity index (χ1v) is 6.94. The van der Waals surface area contributed by atoms with Gasteiger partial charge in [0.05, 0.1) is 0 Å². The predicted octanol–water partition coefficient (Wildman–Crippen LogP) is 3.00. The molecule has 100 valence electrons. The van der Waals surface area contributed by atoms with Gasteiger partial charge in [0, 0.05) is 12.5 Å². The smallest absolute Gasteiger partial charge is 0.303 e. The third-order valence-corrected chi connectivity index (χ3v) is 4.17. The molecule has 3 unspecified atom stereocenters. The Balaban J connectivity index is 2.55. The maximum atomic E-state index is 10.9. The predicted molar refractivity (Wildman–Crippen MR) is 70.1 cm³/mol. The number of hydrogen-bond donors (Lipinski definition) is 1. The van der Waals surface area contributed by atoms with Gasteiger partial charge in [-0.15, -0.1) is 0 Å². The second-order valence-electron chi connectivity index (χ2n) is 5.63. The molecule has 0 bridgehead atoms. The molecule has 1 N–H and O–H groups in total. The minimum atomic E-state index is -0.630. The molecule has 1 fully saturated rings. The van der Waals surface area contributed by atoms with Crippen LogP contribution in [-0.2, 0) is 4.79 Å². The Labute approximate surface area is 105 Å². The van der Waals surface area contributed by atoms with Crippen molar-refractivity contribution in [1.82, 2.24) is 4.90 Å². The van der Waals surface area contributed by atoms with Crippen molar-refractivity contribution in [2.75, 3.05) is 14.1 Å². The van der Waals surface area contributed by atoms with Gasteiger partial charge in [0.25, 0.3) is 0 Å². The van der Waals surface area contributed by atoms with Gasteiger partial charge < -0.3 is 10.0 Å². The molecule has 3 atom stereocenters. The molecular weight excluding hydrogens is 214 g/mol. The summed E-state index contributed by atoms with van der Waals surface area (Å²) < 4.78 is 0. The Morgan fingerprint density at radius 1 is 1.29 bits per heavy atom. The monoisotopic (exact) mass is 241 g/mol. The Bertz CT molecular complexity index is 240.